The molecule has 4 nitrogen and oxygen atoms in total. The Labute approximate surface area is 270 Å². The predicted molar refractivity (Wildman–Crippen MR) is 194 cm³/mol. The molecule has 0 amide bonds. The van der Waals surface area contributed by atoms with E-state index in [2.05, 4.69) is 20.8 Å². The van der Waals surface area contributed by atoms with E-state index in [0.29, 0.717) is 0 Å². The average Bonchev–Trinajstić information content (AvgIpc) is 3.01. The van der Waals surface area contributed by atoms with Crippen molar-refractivity contribution in [1.82, 2.24) is 5.01 Å². The third kappa shape index (κ3) is 24.1. The van der Waals surface area contributed by atoms with Crippen LogP contribution < -0.4 is 5.84 Å². The summed E-state index contributed by atoms with van der Waals surface area (Å²) in [7, 11) is 0. The Hall–Kier alpha value is -0.900. The number of nitrogens with zero attached hydrogens (tertiary/aromatic N) is 3. The summed E-state index contributed by atoms with van der Waals surface area (Å²) in [5, 5.41) is 1.95. The van der Waals surface area contributed by atoms with Gasteiger partial charge in [0.15, 0.2) is 0 Å². The maximum Gasteiger partial charge on any atom is 0.138 e. The minimum atomic E-state index is 0.0998. The molecule has 0 bridgehead atoms. The minimum Gasteiger partial charge on any atom is -0.274 e. The van der Waals surface area contributed by atoms with Crippen molar-refractivity contribution < 1.29 is 0 Å². The normalized spacial score (nSPS) is 15.3. The summed E-state index contributed by atoms with van der Waals surface area (Å²) in [6.07, 6.45) is 44.3. The van der Waals surface area contributed by atoms with Gasteiger partial charge in [-0.25, -0.2) is 15.8 Å². The standard InChI is InChI=1S/C39H78N4/c1-4-7-10-13-16-19-22-25-28-31-34-37-41-38(35-32-29-26-23-20-17-14-11-8-5-2)43(40)39(42-37)36-33-30-27-24-21-18-15-12-9-6-3/h38H,4-36,40H2,1-3H3. The van der Waals surface area contributed by atoms with Crippen molar-refractivity contribution in [3.8, 4) is 0 Å². The molecule has 0 radical (unpaired) electrons. The Morgan fingerprint density at radius 3 is 1.16 bits per heavy atom. The first-order valence-corrected chi connectivity index (χ1v) is 19.9. The van der Waals surface area contributed by atoms with E-state index in [1.54, 1.807) is 0 Å². The summed E-state index contributed by atoms with van der Waals surface area (Å²) in [6.45, 7) is 6.89. The van der Waals surface area contributed by atoms with Crippen LogP contribution in [0.15, 0.2) is 9.98 Å². The van der Waals surface area contributed by atoms with Gasteiger partial charge in [0, 0.05) is 12.8 Å². The molecule has 43 heavy (non-hydrogen) atoms. The van der Waals surface area contributed by atoms with Crippen molar-refractivity contribution in [2.24, 2.45) is 15.8 Å². The van der Waals surface area contributed by atoms with E-state index >= 15 is 0 Å². The molecule has 0 saturated heterocycles. The lowest BCUT2D eigenvalue weighted by molar-refractivity contribution is 0.292. The highest BCUT2D eigenvalue weighted by molar-refractivity contribution is 5.98. The van der Waals surface area contributed by atoms with Crippen LogP contribution >= 0.6 is 0 Å². The summed E-state index contributed by atoms with van der Waals surface area (Å²) < 4.78 is 0. The first kappa shape index (κ1) is 40.1. The highest BCUT2D eigenvalue weighted by atomic mass is 15.5. The van der Waals surface area contributed by atoms with Gasteiger partial charge in [0.05, 0.1) is 0 Å². The van der Waals surface area contributed by atoms with Crippen molar-refractivity contribution in [2.45, 2.75) is 239 Å². The maximum atomic E-state index is 6.67. The van der Waals surface area contributed by atoms with E-state index in [4.69, 9.17) is 15.8 Å². The molecular formula is C39H78N4. The van der Waals surface area contributed by atoms with Crippen molar-refractivity contribution in [2.75, 3.05) is 0 Å². The van der Waals surface area contributed by atoms with Gasteiger partial charge < -0.3 is 0 Å². The molecule has 0 aromatic rings. The van der Waals surface area contributed by atoms with Crippen LogP contribution in [0.4, 0.5) is 0 Å². The molecule has 1 atom stereocenters. The zero-order valence-corrected chi connectivity index (χ0v) is 29.8. The summed E-state index contributed by atoms with van der Waals surface area (Å²) >= 11 is 0. The molecule has 0 aliphatic carbocycles. The largest absolute Gasteiger partial charge is 0.274 e. The van der Waals surface area contributed by atoms with Crippen LogP contribution in [-0.4, -0.2) is 22.8 Å². The summed E-state index contributed by atoms with van der Waals surface area (Å²) in [6, 6.07) is 0. The summed E-state index contributed by atoms with van der Waals surface area (Å²) in [5.41, 5.74) is 0. The third-order valence-corrected chi connectivity index (χ3v) is 9.50. The fourth-order valence-corrected chi connectivity index (χ4v) is 6.51. The molecule has 254 valence electrons. The number of aliphatic imine (C=N–C) groups is 2. The van der Waals surface area contributed by atoms with Gasteiger partial charge in [-0.1, -0.05) is 194 Å². The fraction of sp³-hybridized carbons (Fsp3) is 0.949. The van der Waals surface area contributed by atoms with Crippen molar-refractivity contribution in [1.29, 1.82) is 0 Å². The van der Waals surface area contributed by atoms with Crippen molar-refractivity contribution >= 4 is 11.7 Å². The molecule has 0 aromatic heterocycles. The number of hydrogen-bond acceptors (Lipinski definition) is 4. The molecule has 0 spiro atoms. The zero-order valence-electron chi connectivity index (χ0n) is 29.8. The second-order valence-electron chi connectivity index (χ2n) is 13.8. The van der Waals surface area contributed by atoms with Crippen LogP contribution in [-0.2, 0) is 0 Å². The van der Waals surface area contributed by atoms with Gasteiger partial charge in [0.2, 0.25) is 0 Å². The average molecular weight is 603 g/mol. The van der Waals surface area contributed by atoms with Gasteiger partial charge in [0.25, 0.3) is 0 Å². The van der Waals surface area contributed by atoms with Crippen LogP contribution in [0.3, 0.4) is 0 Å². The number of rotatable bonds is 33. The van der Waals surface area contributed by atoms with Gasteiger partial charge in [-0.3, -0.25) is 5.01 Å². The lowest BCUT2D eigenvalue weighted by Crippen LogP contribution is -2.47. The van der Waals surface area contributed by atoms with E-state index < -0.39 is 0 Å². The highest BCUT2D eigenvalue weighted by Crippen LogP contribution is 2.21. The third-order valence-electron chi connectivity index (χ3n) is 9.50. The second kappa shape index (κ2) is 31.1. The van der Waals surface area contributed by atoms with Gasteiger partial charge in [0.1, 0.15) is 17.8 Å². The first-order chi connectivity index (χ1) is 21.2. The Morgan fingerprint density at radius 2 is 0.767 bits per heavy atom. The lowest BCUT2D eigenvalue weighted by Gasteiger charge is -2.31. The predicted octanol–water partition coefficient (Wildman–Crippen LogP) is 13.2. The van der Waals surface area contributed by atoms with Crippen LogP contribution in [0.1, 0.15) is 233 Å². The molecule has 1 aliphatic rings. The Bertz CT molecular complexity index is 643. The minimum absolute atomic E-state index is 0.0998. The van der Waals surface area contributed by atoms with Crippen LogP contribution in [0.2, 0.25) is 0 Å². The maximum absolute atomic E-state index is 6.67. The van der Waals surface area contributed by atoms with E-state index in [0.717, 1.165) is 30.9 Å². The van der Waals surface area contributed by atoms with Gasteiger partial charge >= 0.3 is 0 Å². The number of amidine groups is 2. The second-order valence-corrected chi connectivity index (χ2v) is 13.8. The van der Waals surface area contributed by atoms with Gasteiger partial charge in [-0.05, 0) is 25.7 Å². The molecule has 1 rings (SSSR count). The Kier molecular flexibility index (Phi) is 29.0. The molecule has 0 fully saturated rings. The van der Waals surface area contributed by atoms with Crippen LogP contribution in [0, 0.1) is 0 Å². The Balaban J connectivity index is 2.38. The molecule has 2 N–H and O–H groups in total. The monoisotopic (exact) mass is 603 g/mol. The molecule has 1 aliphatic heterocycles. The Morgan fingerprint density at radius 1 is 0.442 bits per heavy atom. The number of hydrogen-bond donors (Lipinski definition) is 1. The van der Waals surface area contributed by atoms with Crippen molar-refractivity contribution in [3.63, 3.8) is 0 Å². The van der Waals surface area contributed by atoms with E-state index in [9.17, 15) is 0 Å². The first-order valence-electron chi connectivity index (χ1n) is 19.9. The highest BCUT2D eigenvalue weighted by Gasteiger charge is 2.23. The van der Waals surface area contributed by atoms with Gasteiger partial charge in [-0.2, -0.15) is 0 Å². The smallest absolute Gasteiger partial charge is 0.138 e. The van der Waals surface area contributed by atoms with E-state index in [1.165, 1.54) is 193 Å². The fourth-order valence-electron chi connectivity index (χ4n) is 6.51. The quantitative estimate of drug-likeness (QED) is 0.0600. The molecule has 4 heteroatoms. The number of nitrogens with two attached hydrogens (primary N) is 1. The van der Waals surface area contributed by atoms with E-state index in [-0.39, 0.29) is 6.17 Å². The molecule has 1 heterocycles. The molecule has 1 unspecified atom stereocenters. The molecule has 0 aromatic carbocycles. The number of unbranched alkanes of at least 4 members (excludes halogenated alkanes) is 27. The molecular weight excluding hydrogens is 524 g/mol. The zero-order chi connectivity index (χ0) is 31.1. The van der Waals surface area contributed by atoms with Gasteiger partial charge in [-0.15, -0.1) is 0 Å². The lowest BCUT2D eigenvalue weighted by atomic mass is 10.0. The summed E-state index contributed by atoms with van der Waals surface area (Å²) in [5.74, 6) is 8.86. The van der Waals surface area contributed by atoms with Crippen molar-refractivity contribution in [3.05, 3.63) is 0 Å². The molecule has 0 saturated carbocycles. The van der Waals surface area contributed by atoms with Crippen LogP contribution in [0.25, 0.3) is 0 Å². The van der Waals surface area contributed by atoms with E-state index in [1.807, 2.05) is 5.01 Å². The number of hydrazine groups is 1. The van der Waals surface area contributed by atoms with Crippen LogP contribution in [0.5, 0.6) is 0 Å². The topological polar surface area (TPSA) is 54.0 Å². The SMILES string of the molecule is CCCCCCCCCCCCC1=NC(CCCCCCCCCCCC)N(N)C(CCCCCCCCCCCC)=N1. The summed E-state index contributed by atoms with van der Waals surface area (Å²) in [4.78, 5) is 10.1.